The summed E-state index contributed by atoms with van der Waals surface area (Å²) in [7, 11) is 2.61. The molecule has 1 heterocycles. The second kappa shape index (κ2) is 12.3. The quantitative estimate of drug-likeness (QED) is 0.215. The summed E-state index contributed by atoms with van der Waals surface area (Å²) in [5.74, 6) is -1.71. The first-order valence-corrected chi connectivity index (χ1v) is 12.1. The topological polar surface area (TPSA) is 85.7 Å². The Morgan fingerprint density at radius 2 is 1.68 bits per heavy atom. The summed E-state index contributed by atoms with van der Waals surface area (Å²) in [5.41, 5.74) is -3.06. The normalized spacial score (nSPS) is 13.3. The van der Waals surface area contributed by atoms with E-state index in [9.17, 15) is 44.3 Å². The van der Waals surface area contributed by atoms with E-state index in [1.54, 1.807) is 0 Å². The summed E-state index contributed by atoms with van der Waals surface area (Å²) in [6.45, 7) is -0.738. The summed E-state index contributed by atoms with van der Waals surface area (Å²) in [4.78, 5) is 16.5. The molecule has 3 aromatic rings. The molecule has 0 aliphatic rings. The fourth-order valence-corrected chi connectivity index (χ4v) is 4.10. The largest absolute Gasteiger partial charge is 0.493 e. The number of nitrogens with one attached hydrogen (secondary N) is 1. The van der Waals surface area contributed by atoms with Crippen LogP contribution < -0.4 is 14.8 Å². The van der Waals surface area contributed by atoms with Crippen LogP contribution in [0.15, 0.2) is 41.4 Å². The van der Waals surface area contributed by atoms with Crippen molar-refractivity contribution in [2.75, 3.05) is 19.5 Å². The SMILES string of the molecule is CN=CC(Cc1ccc(OCc2ccc(C(F)(F)F)cc2C(F)(F)F)c(OC)c1)C(=O)Nc1nnc(C(F)(F)F)s1. The van der Waals surface area contributed by atoms with Crippen LogP contribution in [0.2, 0.25) is 0 Å². The molecule has 0 saturated heterocycles. The summed E-state index contributed by atoms with van der Waals surface area (Å²) < 4.78 is 128. The van der Waals surface area contributed by atoms with Crippen LogP contribution in [-0.2, 0) is 36.4 Å². The van der Waals surface area contributed by atoms with Crippen molar-refractivity contribution < 1.29 is 53.8 Å². The number of hydrogen-bond donors (Lipinski definition) is 1. The number of hydrogen-bond acceptors (Lipinski definition) is 7. The van der Waals surface area contributed by atoms with Crippen LogP contribution in [0.3, 0.4) is 0 Å². The number of carbonyl (C=O) groups is 1. The third-order valence-corrected chi connectivity index (χ3v) is 6.26. The Morgan fingerprint density at radius 1 is 0.976 bits per heavy atom. The fraction of sp³-hybridized carbons (Fsp3) is 0.333. The van der Waals surface area contributed by atoms with E-state index in [0.29, 0.717) is 17.7 Å². The van der Waals surface area contributed by atoms with Crippen molar-refractivity contribution in [1.29, 1.82) is 0 Å². The van der Waals surface area contributed by atoms with E-state index in [4.69, 9.17) is 9.47 Å². The van der Waals surface area contributed by atoms with E-state index >= 15 is 0 Å². The van der Waals surface area contributed by atoms with E-state index < -0.39 is 58.7 Å². The Bertz CT molecular complexity index is 1400. The number of aliphatic imine (C=N–C) groups is 1. The third kappa shape index (κ3) is 8.31. The van der Waals surface area contributed by atoms with Crippen LogP contribution in [0.4, 0.5) is 44.6 Å². The van der Waals surface area contributed by atoms with E-state index in [0.717, 1.165) is 0 Å². The van der Waals surface area contributed by atoms with Gasteiger partial charge in [0.25, 0.3) is 0 Å². The molecule has 1 amide bonds. The number of alkyl halides is 9. The lowest BCUT2D eigenvalue weighted by Crippen LogP contribution is -2.26. The molecule has 1 unspecified atom stereocenters. The monoisotopic (exact) mass is 614 g/mol. The van der Waals surface area contributed by atoms with Gasteiger partial charge >= 0.3 is 18.5 Å². The molecule has 41 heavy (non-hydrogen) atoms. The Kier molecular flexibility index (Phi) is 9.51. The van der Waals surface area contributed by atoms with Gasteiger partial charge in [0, 0.05) is 18.8 Å². The number of carbonyl (C=O) groups excluding carboxylic acids is 1. The van der Waals surface area contributed by atoms with Gasteiger partial charge in [-0.1, -0.05) is 23.5 Å². The summed E-state index contributed by atoms with van der Waals surface area (Å²) >= 11 is 0.140. The number of halogens is 9. The van der Waals surface area contributed by atoms with Crippen LogP contribution in [0.5, 0.6) is 11.5 Å². The van der Waals surface area contributed by atoms with Crippen LogP contribution in [0.25, 0.3) is 0 Å². The molecule has 0 aliphatic heterocycles. The molecule has 0 saturated carbocycles. The maximum absolute atomic E-state index is 13.4. The molecule has 0 fully saturated rings. The highest BCUT2D eigenvalue weighted by Crippen LogP contribution is 2.38. The van der Waals surface area contributed by atoms with Crippen molar-refractivity contribution in [3.8, 4) is 11.5 Å². The molecule has 17 heteroatoms. The Morgan fingerprint density at radius 3 is 2.24 bits per heavy atom. The number of aromatic nitrogens is 2. The number of ether oxygens (including phenoxy) is 2. The van der Waals surface area contributed by atoms with Gasteiger partial charge in [0.15, 0.2) is 11.5 Å². The van der Waals surface area contributed by atoms with Gasteiger partial charge in [-0.2, -0.15) is 39.5 Å². The maximum atomic E-state index is 13.4. The highest BCUT2D eigenvalue weighted by molar-refractivity contribution is 7.15. The van der Waals surface area contributed by atoms with Crippen molar-refractivity contribution in [3.05, 3.63) is 63.7 Å². The third-order valence-electron chi connectivity index (χ3n) is 5.37. The fourth-order valence-electron chi connectivity index (χ4n) is 3.49. The molecule has 7 nitrogen and oxygen atoms in total. The lowest BCUT2D eigenvalue weighted by atomic mass is 9.99. The molecular weight excluding hydrogens is 595 g/mol. The smallest absolute Gasteiger partial charge is 0.445 e. The van der Waals surface area contributed by atoms with E-state index in [1.165, 1.54) is 38.6 Å². The number of benzene rings is 2. The molecule has 1 aromatic heterocycles. The molecule has 222 valence electrons. The molecule has 2 aromatic carbocycles. The summed E-state index contributed by atoms with van der Waals surface area (Å²) in [5, 5.41) is 6.92. The predicted octanol–water partition coefficient (Wildman–Crippen LogP) is 6.68. The zero-order valence-corrected chi connectivity index (χ0v) is 21.7. The second-order valence-corrected chi connectivity index (χ2v) is 9.24. The van der Waals surface area contributed by atoms with E-state index in [2.05, 4.69) is 20.5 Å². The van der Waals surface area contributed by atoms with Crippen molar-refractivity contribution in [3.63, 3.8) is 0 Å². The van der Waals surface area contributed by atoms with Crippen LogP contribution in [0, 0.1) is 5.92 Å². The van der Waals surface area contributed by atoms with Gasteiger partial charge in [-0.3, -0.25) is 10.1 Å². The minimum Gasteiger partial charge on any atom is -0.493 e. The first kappa shape index (κ1) is 31.6. The molecule has 0 spiro atoms. The highest BCUT2D eigenvalue weighted by Gasteiger charge is 2.38. The minimum absolute atomic E-state index is 0.00516. The van der Waals surface area contributed by atoms with Gasteiger partial charge in [0.05, 0.1) is 24.2 Å². The van der Waals surface area contributed by atoms with Gasteiger partial charge in [-0.15, -0.1) is 10.2 Å². The zero-order chi connectivity index (χ0) is 30.6. The minimum atomic E-state index is -5.08. The average Bonchev–Trinajstić information content (AvgIpc) is 3.35. The number of methoxy groups -OCH3 is 1. The summed E-state index contributed by atoms with van der Waals surface area (Å²) in [6.07, 6.45) is -13.6. The van der Waals surface area contributed by atoms with E-state index in [-0.39, 0.29) is 40.5 Å². The lowest BCUT2D eigenvalue weighted by Gasteiger charge is -2.18. The van der Waals surface area contributed by atoms with Crippen molar-refractivity contribution in [2.45, 2.75) is 31.6 Å². The molecule has 1 N–H and O–H groups in total. The Hall–Kier alpha value is -3.89. The van der Waals surface area contributed by atoms with E-state index in [1.807, 2.05) is 0 Å². The molecule has 1 atom stereocenters. The highest BCUT2D eigenvalue weighted by atomic mass is 32.1. The maximum Gasteiger partial charge on any atom is 0.445 e. The van der Waals surface area contributed by atoms with Gasteiger partial charge in [-0.25, -0.2) is 0 Å². The second-order valence-electron chi connectivity index (χ2n) is 8.26. The molecular formula is C24H19F9N4O3S. The molecule has 0 bridgehead atoms. The molecule has 0 radical (unpaired) electrons. The number of rotatable bonds is 9. The Labute approximate surface area is 230 Å². The number of nitrogens with zero attached hydrogens (tertiary/aromatic N) is 3. The van der Waals surface area contributed by atoms with Gasteiger partial charge in [-0.05, 0) is 36.2 Å². The summed E-state index contributed by atoms with van der Waals surface area (Å²) in [6, 6.07) is 5.37. The van der Waals surface area contributed by atoms with Gasteiger partial charge in [0.2, 0.25) is 16.0 Å². The van der Waals surface area contributed by atoms with Crippen LogP contribution in [-0.4, -0.2) is 36.5 Å². The standard InChI is InChI=1S/C24H19F9N4O3S/c1-34-10-14(19(38)35-21-37-36-20(41-21)24(31,32)33)7-12-3-6-17(18(8-12)39-2)40-11-13-4-5-15(22(25,26)27)9-16(13)23(28,29)30/h3-6,8-10,14H,7,11H2,1-2H3,(H,35,37,38). The molecule has 0 aliphatic carbocycles. The van der Waals surface area contributed by atoms with Crippen LogP contribution >= 0.6 is 11.3 Å². The average molecular weight is 614 g/mol. The van der Waals surface area contributed by atoms with Gasteiger partial charge < -0.3 is 14.5 Å². The molecule has 3 rings (SSSR count). The van der Waals surface area contributed by atoms with Crippen LogP contribution in [0.1, 0.15) is 27.3 Å². The van der Waals surface area contributed by atoms with Crippen molar-refractivity contribution in [1.82, 2.24) is 10.2 Å². The van der Waals surface area contributed by atoms with Gasteiger partial charge in [0.1, 0.15) is 6.61 Å². The van der Waals surface area contributed by atoms with Crippen molar-refractivity contribution >= 4 is 28.6 Å². The lowest BCUT2D eigenvalue weighted by molar-refractivity contribution is -0.143. The first-order chi connectivity index (χ1) is 19.0. The predicted molar refractivity (Wildman–Crippen MR) is 129 cm³/mol. The number of amides is 1. The van der Waals surface area contributed by atoms with Crippen molar-refractivity contribution in [2.24, 2.45) is 10.9 Å². The first-order valence-electron chi connectivity index (χ1n) is 11.2. The zero-order valence-electron chi connectivity index (χ0n) is 20.9. The number of anilines is 1. The Balaban J connectivity index is 1.76.